The molecule has 2 aliphatic heterocycles. The number of rotatable bonds is 33. The number of Topliss-reactive ketones (excluding diaryl/α,β-unsaturated/α-hetero) is 1. The Bertz CT molecular complexity index is 2200. The van der Waals surface area contributed by atoms with E-state index in [1.807, 2.05) is 6.34 Å². The SMILES string of the molecule is Cc1c(C)c(C)c2c(c1C)N=C[N+]21CC1C(=O)CNCCCCCC(=O)NC(CCCN=C(N)N)C(=O)NC(CCCN=C(N)N)C(=O)NC(CCCN=C(N)N)C(=O)NC(CCCN=C(N)N)C(N)=O. The van der Waals surface area contributed by atoms with Crippen LogP contribution in [0.4, 0.5) is 11.4 Å². The van der Waals surface area contributed by atoms with Crippen molar-refractivity contribution < 1.29 is 28.8 Å². The molecular formula is C45H79N20O6+. The Morgan fingerprint density at radius 1 is 0.563 bits per heavy atom. The van der Waals surface area contributed by atoms with Crippen LogP contribution >= 0.6 is 0 Å². The van der Waals surface area contributed by atoms with E-state index < -0.39 is 53.7 Å². The third-order valence-corrected chi connectivity index (χ3v) is 12.6. The Kier molecular flexibility index (Phi) is 23.4. The first-order valence-corrected chi connectivity index (χ1v) is 24.1. The highest BCUT2D eigenvalue weighted by Gasteiger charge is 2.64. The van der Waals surface area contributed by atoms with Crippen molar-refractivity contribution in [2.75, 3.05) is 45.8 Å². The van der Waals surface area contributed by atoms with Crippen LogP contribution in [0, 0.1) is 27.7 Å². The van der Waals surface area contributed by atoms with Gasteiger partial charge in [-0.25, -0.2) is 4.48 Å². The molecule has 0 bridgehead atoms. The average Bonchev–Trinajstić information content (AvgIpc) is 3.91. The lowest BCUT2D eigenvalue weighted by atomic mass is 9.95. The summed E-state index contributed by atoms with van der Waals surface area (Å²) >= 11 is 0. The predicted molar refractivity (Wildman–Crippen MR) is 277 cm³/mol. The number of carbonyl (C=O) groups excluding carboxylic acids is 6. The maximum atomic E-state index is 14.1. The van der Waals surface area contributed by atoms with E-state index >= 15 is 0 Å². The largest absolute Gasteiger partial charge is 0.370 e. The summed E-state index contributed by atoms with van der Waals surface area (Å²) in [6.45, 7) is 10.5. The molecule has 71 heavy (non-hydrogen) atoms. The molecule has 5 amide bonds. The molecule has 23 N–H and O–H groups in total. The molecule has 3 rings (SSSR count). The van der Waals surface area contributed by atoms with Crippen molar-refractivity contribution in [1.82, 2.24) is 31.1 Å². The number of carbonyl (C=O) groups is 6. The molecule has 0 aromatic heterocycles. The van der Waals surface area contributed by atoms with E-state index in [-0.39, 0.29) is 113 Å². The van der Waals surface area contributed by atoms with Gasteiger partial charge in [0, 0.05) is 38.2 Å². The minimum Gasteiger partial charge on any atom is -0.370 e. The van der Waals surface area contributed by atoms with E-state index in [4.69, 9.17) is 56.6 Å². The second-order valence-electron chi connectivity index (χ2n) is 18.0. The van der Waals surface area contributed by atoms with Gasteiger partial charge in [-0.3, -0.25) is 48.7 Å². The minimum atomic E-state index is -1.25. The summed E-state index contributed by atoms with van der Waals surface area (Å²) in [7, 11) is 0. The number of nitrogens with one attached hydrogen (secondary N) is 5. The summed E-state index contributed by atoms with van der Waals surface area (Å²) in [4.78, 5) is 101. The number of benzene rings is 1. The van der Waals surface area contributed by atoms with Crippen molar-refractivity contribution in [1.29, 1.82) is 0 Å². The molecule has 2 aliphatic rings. The summed E-state index contributed by atoms with van der Waals surface area (Å²) in [5, 5.41) is 14.1. The topological polar surface area (TPSA) is 459 Å². The molecule has 1 spiro atoms. The van der Waals surface area contributed by atoms with Gasteiger partial charge in [0.25, 0.3) is 0 Å². The molecule has 6 unspecified atom stereocenters. The quantitative estimate of drug-likeness (QED) is 0.0108. The number of guanidine groups is 4. The van der Waals surface area contributed by atoms with Crippen molar-refractivity contribution >= 4 is 76.9 Å². The highest BCUT2D eigenvalue weighted by atomic mass is 16.2. The number of fused-ring (bicyclic) bond motifs is 2. The number of aliphatic imine (C=N–C) groups is 5. The first kappa shape index (κ1) is 58.2. The second kappa shape index (κ2) is 28.5. The van der Waals surface area contributed by atoms with Crippen LogP contribution in [0.1, 0.15) is 99.3 Å². The van der Waals surface area contributed by atoms with Crippen LogP contribution in [0.15, 0.2) is 25.0 Å². The van der Waals surface area contributed by atoms with Gasteiger partial charge in [0.2, 0.25) is 41.4 Å². The third kappa shape index (κ3) is 18.6. The van der Waals surface area contributed by atoms with Crippen LogP contribution in [0.3, 0.4) is 0 Å². The Hall–Kier alpha value is -7.09. The molecular weight excluding hydrogens is 917 g/mol. The minimum absolute atomic E-state index is 0.0152. The molecule has 26 heteroatoms. The molecule has 0 radical (unpaired) electrons. The van der Waals surface area contributed by atoms with Gasteiger partial charge in [0.1, 0.15) is 29.9 Å². The Morgan fingerprint density at radius 2 is 0.986 bits per heavy atom. The number of unbranched alkanes of at least 4 members (excludes halogenated alkanes) is 2. The predicted octanol–water partition coefficient (Wildman–Crippen LogP) is -3.36. The Labute approximate surface area is 415 Å². The van der Waals surface area contributed by atoms with Crippen LogP contribution in [0.5, 0.6) is 0 Å². The van der Waals surface area contributed by atoms with Crippen LogP contribution in [0.25, 0.3) is 0 Å². The van der Waals surface area contributed by atoms with E-state index in [0.717, 1.165) is 16.9 Å². The number of nitrogens with two attached hydrogens (primary N) is 9. The fraction of sp³-hybridized carbons (Fsp3) is 0.622. The fourth-order valence-corrected chi connectivity index (χ4v) is 8.36. The van der Waals surface area contributed by atoms with E-state index in [2.05, 4.69) is 74.2 Å². The monoisotopic (exact) mass is 996 g/mol. The molecule has 1 aromatic rings. The number of hydrogen-bond donors (Lipinski definition) is 14. The average molecular weight is 996 g/mol. The van der Waals surface area contributed by atoms with Crippen LogP contribution in [-0.4, -0.2) is 142 Å². The Balaban J connectivity index is 1.64. The fourth-order valence-electron chi connectivity index (χ4n) is 8.36. The maximum absolute atomic E-state index is 14.1. The highest BCUT2D eigenvalue weighted by molar-refractivity contribution is 6.05. The molecule has 2 heterocycles. The summed E-state index contributed by atoms with van der Waals surface area (Å²) in [5.74, 6) is -3.88. The molecule has 1 aromatic carbocycles. The van der Waals surface area contributed by atoms with E-state index in [0.29, 0.717) is 49.7 Å². The smallest absolute Gasteiger partial charge is 0.243 e. The Morgan fingerprint density at radius 3 is 1.44 bits per heavy atom. The normalized spacial score (nSPS) is 16.8. The first-order chi connectivity index (χ1) is 33.6. The van der Waals surface area contributed by atoms with Crippen molar-refractivity contribution in [3.63, 3.8) is 0 Å². The van der Waals surface area contributed by atoms with Crippen molar-refractivity contribution in [3.05, 3.63) is 22.3 Å². The maximum Gasteiger partial charge on any atom is 0.243 e. The van der Waals surface area contributed by atoms with Gasteiger partial charge in [0.15, 0.2) is 42.4 Å². The van der Waals surface area contributed by atoms with Crippen molar-refractivity contribution in [3.8, 4) is 0 Å². The van der Waals surface area contributed by atoms with Gasteiger partial charge in [-0.05, 0) is 115 Å². The lowest BCUT2D eigenvalue weighted by molar-refractivity contribution is -0.134. The molecule has 0 aliphatic carbocycles. The zero-order valence-electron chi connectivity index (χ0n) is 41.7. The van der Waals surface area contributed by atoms with Crippen LogP contribution in [0.2, 0.25) is 0 Å². The van der Waals surface area contributed by atoms with E-state index in [9.17, 15) is 28.8 Å². The standard InChI is InChI=1S/C45H78N20O6/c1-25-26(2)28(4)37-36(27(25)3)60-24-65(37)23-33(65)34(66)22-55-17-7-5-6-16-35(67)61-30(13-9-19-57-43(49)50)39(69)63-32(15-11-21-59-45(53)54)41(71)64-31(14-10-20-58-44(51)52)40(70)62-29(38(46)68)12-8-18-56-42(47)48/h24,29-33,55H,5-23H2,1-4H3,(H21-,46,47,48,49,50,51,52,53,54,56,57,58,59,61,62,63,64,67,68,69,70,71)/p+1. The van der Waals surface area contributed by atoms with Gasteiger partial charge in [0.05, 0.1) is 6.54 Å². The summed E-state index contributed by atoms with van der Waals surface area (Å²) in [6.07, 6.45) is 5.20. The summed E-state index contributed by atoms with van der Waals surface area (Å²) in [5.41, 5.74) is 56.2. The molecule has 0 saturated carbocycles. The lowest BCUT2D eigenvalue weighted by Gasteiger charge is -2.26. The van der Waals surface area contributed by atoms with Crippen LogP contribution in [-0.2, 0) is 28.8 Å². The molecule has 394 valence electrons. The van der Waals surface area contributed by atoms with Crippen LogP contribution < -0.4 is 82.7 Å². The zero-order valence-corrected chi connectivity index (χ0v) is 41.7. The number of primary amides is 1. The molecule has 1 fully saturated rings. The van der Waals surface area contributed by atoms with Gasteiger partial charge in [-0.2, -0.15) is 4.99 Å². The van der Waals surface area contributed by atoms with Gasteiger partial charge in [-0.1, -0.05) is 6.42 Å². The summed E-state index contributed by atoms with van der Waals surface area (Å²) in [6, 6.07) is -4.89. The lowest BCUT2D eigenvalue weighted by Crippen LogP contribution is -2.58. The number of nitrogens with zero attached hydrogens (tertiary/aromatic N) is 6. The number of quaternary nitrogens is 1. The molecule has 6 atom stereocenters. The molecule has 1 saturated heterocycles. The number of hydrogen-bond acceptors (Lipinski definition) is 12. The molecule has 26 nitrogen and oxygen atoms in total. The van der Waals surface area contributed by atoms with Gasteiger partial charge < -0.3 is 78.2 Å². The zero-order chi connectivity index (χ0) is 52.8. The number of amides is 5. The number of ketones is 1. The van der Waals surface area contributed by atoms with E-state index in [1.165, 1.54) is 16.7 Å². The van der Waals surface area contributed by atoms with E-state index in [1.54, 1.807) is 0 Å². The van der Waals surface area contributed by atoms with Crippen molar-refractivity contribution in [2.24, 2.45) is 76.6 Å². The van der Waals surface area contributed by atoms with Crippen molar-refractivity contribution in [2.45, 2.75) is 135 Å². The third-order valence-electron chi connectivity index (χ3n) is 12.6. The highest BCUT2D eigenvalue weighted by Crippen LogP contribution is 2.52. The first-order valence-electron chi connectivity index (χ1n) is 24.1. The van der Waals surface area contributed by atoms with Gasteiger partial charge in [-0.15, -0.1) is 0 Å². The van der Waals surface area contributed by atoms with Gasteiger partial charge >= 0.3 is 0 Å². The second-order valence-corrected chi connectivity index (χ2v) is 18.0. The summed E-state index contributed by atoms with van der Waals surface area (Å²) < 4.78 is 0.479.